The van der Waals surface area contributed by atoms with Crippen LogP contribution in [-0.2, 0) is 9.59 Å². The molecule has 4 amide bonds. The minimum absolute atomic E-state index is 0.121. The molecule has 1 aromatic carbocycles. The number of nitrogens with zero attached hydrogens (tertiary/aromatic N) is 2. The van der Waals surface area contributed by atoms with E-state index in [4.69, 9.17) is 0 Å². The zero-order chi connectivity index (χ0) is 16.4. The molecule has 0 bridgehead atoms. The van der Waals surface area contributed by atoms with Crippen molar-refractivity contribution < 1.29 is 14.4 Å². The van der Waals surface area contributed by atoms with Crippen molar-refractivity contribution in [3.05, 3.63) is 30.3 Å². The molecule has 23 heavy (non-hydrogen) atoms. The van der Waals surface area contributed by atoms with Crippen LogP contribution in [-0.4, -0.2) is 41.9 Å². The number of para-hydroxylation sites is 1. The topological polar surface area (TPSA) is 69.7 Å². The number of imide groups is 1. The highest BCUT2D eigenvalue weighted by molar-refractivity contribution is 6.07. The lowest BCUT2D eigenvalue weighted by atomic mass is 9.98. The van der Waals surface area contributed by atoms with Gasteiger partial charge < -0.3 is 10.2 Å². The van der Waals surface area contributed by atoms with Crippen molar-refractivity contribution in [3.63, 3.8) is 0 Å². The first-order chi connectivity index (χ1) is 11.0. The van der Waals surface area contributed by atoms with E-state index in [1.165, 1.54) is 4.90 Å². The second-order valence-corrected chi connectivity index (χ2v) is 6.21. The minimum atomic E-state index is -0.703. The summed E-state index contributed by atoms with van der Waals surface area (Å²) >= 11 is 0. The lowest BCUT2D eigenvalue weighted by Crippen LogP contribution is -2.44. The molecule has 1 aliphatic carbocycles. The lowest BCUT2D eigenvalue weighted by molar-refractivity contribution is -0.131. The SMILES string of the molecule is CN(C(=O)CCN1C(=O)NC2(CCCC2)C1=O)c1ccccc1. The maximum Gasteiger partial charge on any atom is 0.325 e. The van der Waals surface area contributed by atoms with Crippen molar-refractivity contribution in [1.29, 1.82) is 0 Å². The van der Waals surface area contributed by atoms with E-state index < -0.39 is 5.54 Å². The first-order valence-electron chi connectivity index (χ1n) is 7.99. The predicted octanol–water partition coefficient (Wildman–Crippen LogP) is 1.90. The maximum atomic E-state index is 12.5. The number of carbonyl (C=O) groups is 3. The number of rotatable bonds is 4. The molecule has 0 radical (unpaired) electrons. The first kappa shape index (κ1) is 15.5. The molecule has 0 unspecified atom stereocenters. The summed E-state index contributed by atoms with van der Waals surface area (Å²) in [4.78, 5) is 39.6. The Morgan fingerprint density at radius 2 is 1.87 bits per heavy atom. The van der Waals surface area contributed by atoms with Gasteiger partial charge in [0.1, 0.15) is 5.54 Å². The minimum Gasteiger partial charge on any atom is -0.323 e. The molecule has 2 aliphatic rings. The van der Waals surface area contributed by atoms with Gasteiger partial charge in [-0.2, -0.15) is 0 Å². The molecule has 1 aromatic rings. The predicted molar refractivity (Wildman–Crippen MR) is 85.9 cm³/mol. The third kappa shape index (κ3) is 2.81. The zero-order valence-corrected chi connectivity index (χ0v) is 13.2. The monoisotopic (exact) mass is 315 g/mol. The third-order valence-electron chi connectivity index (χ3n) is 4.77. The van der Waals surface area contributed by atoms with E-state index in [0.29, 0.717) is 12.8 Å². The Balaban J connectivity index is 1.61. The molecule has 3 rings (SSSR count). The second kappa shape index (κ2) is 6.02. The molecule has 122 valence electrons. The van der Waals surface area contributed by atoms with Crippen LogP contribution in [0.5, 0.6) is 0 Å². The molecule has 6 heteroatoms. The Morgan fingerprint density at radius 3 is 2.52 bits per heavy atom. The summed E-state index contributed by atoms with van der Waals surface area (Å²) < 4.78 is 0. The number of amides is 4. The van der Waals surface area contributed by atoms with Crippen LogP contribution >= 0.6 is 0 Å². The van der Waals surface area contributed by atoms with Crippen molar-refractivity contribution in [2.24, 2.45) is 0 Å². The highest BCUT2D eigenvalue weighted by Gasteiger charge is 2.52. The van der Waals surface area contributed by atoms with Crippen LogP contribution in [0.1, 0.15) is 32.1 Å². The molecule has 1 saturated heterocycles. The fourth-order valence-corrected chi connectivity index (χ4v) is 3.37. The summed E-state index contributed by atoms with van der Waals surface area (Å²) in [5.74, 6) is -0.292. The second-order valence-electron chi connectivity index (χ2n) is 6.21. The molecule has 1 N–H and O–H groups in total. The van der Waals surface area contributed by atoms with Crippen LogP contribution < -0.4 is 10.2 Å². The van der Waals surface area contributed by atoms with E-state index >= 15 is 0 Å². The molecule has 6 nitrogen and oxygen atoms in total. The Kier molecular flexibility index (Phi) is 4.07. The van der Waals surface area contributed by atoms with Gasteiger partial charge in [-0.15, -0.1) is 0 Å². The van der Waals surface area contributed by atoms with Crippen LogP contribution in [0.15, 0.2) is 30.3 Å². The molecule has 1 heterocycles. The fraction of sp³-hybridized carbons (Fsp3) is 0.471. The van der Waals surface area contributed by atoms with Gasteiger partial charge in [0.15, 0.2) is 0 Å². The molecular weight excluding hydrogens is 294 g/mol. The number of hydrogen-bond donors (Lipinski definition) is 1. The summed E-state index contributed by atoms with van der Waals surface area (Å²) in [6.45, 7) is 0.127. The summed E-state index contributed by atoms with van der Waals surface area (Å²) in [5.41, 5.74) is 0.0906. The van der Waals surface area contributed by atoms with Crippen LogP contribution in [0, 0.1) is 0 Å². The molecular formula is C17H21N3O3. The maximum absolute atomic E-state index is 12.5. The molecule has 0 aromatic heterocycles. The number of anilines is 1. The normalized spacial score (nSPS) is 19.3. The quantitative estimate of drug-likeness (QED) is 0.863. The fourth-order valence-electron chi connectivity index (χ4n) is 3.37. The standard InChI is InChI=1S/C17H21N3O3/c1-19(13-7-3-2-4-8-13)14(21)9-12-20-15(22)17(18-16(20)23)10-5-6-11-17/h2-4,7-8H,5-6,9-12H2,1H3,(H,18,23). The Morgan fingerprint density at radius 1 is 1.22 bits per heavy atom. The van der Waals surface area contributed by atoms with E-state index in [9.17, 15) is 14.4 Å². The molecule has 1 spiro atoms. The smallest absolute Gasteiger partial charge is 0.323 e. The van der Waals surface area contributed by atoms with Gasteiger partial charge in [0.2, 0.25) is 5.91 Å². The molecule has 1 saturated carbocycles. The summed E-state index contributed by atoms with van der Waals surface area (Å²) in [5, 5.41) is 2.83. The van der Waals surface area contributed by atoms with E-state index in [-0.39, 0.29) is 30.8 Å². The van der Waals surface area contributed by atoms with Gasteiger partial charge in [-0.25, -0.2) is 4.79 Å². The third-order valence-corrected chi connectivity index (χ3v) is 4.77. The summed E-state index contributed by atoms with van der Waals surface area (Å²) in [7, 11) is 1.70. The zero-order valence-electron chi connectivity index (χ0n) is 13.2. The number of carbonyl (C=O) groups excluding carboxylic acids is 3. The Labute approximate surface area is 135 Å². The van der Waals surface area contributed by atoms with Crippen LogP contribution in [0.2, 0.25) is 0 Å². The van der Waals surface area contributed by atoms with Gasteiger partial charge in [0.25, 0.3) is 5.91 Å². The number of hydrogen-bond acceptors (Lipinski definition) is 3. The van der Waals surface area contributed by atoms with Gasteiger partial charge in [0, 0.05) is 25.7 Å². The van der Waals surface area contributed by atoms with Crippen LogP contribution in [0.3, 0.4) is 0 Å². The van der Waals surface area contributed by atoms with Gasteiger partial charge in [-0.3, -0.25) is 14.5 Å². The van der Waals surface area contributed by atoms with Crippen molar-refractivity contribution in [3.8, 4) is 0 Å². The number of nitrogens with one attached hydrogen (secondary N) is 1. The highest BCUT2D eigenvalue weighted by Crippen LogP contribution is 2.35. The molecule has 0 atom stereocenters. The first-order valence-corrected chi connectivity index (χ1v) is 7.99. The van der Waals surface area contributed by atoms with Crippen LogP contribution in [0.25, 0.3) is 0 Å². The van der Waals surface area contributed by atoms with Crippen molar-refractivity contribution in [2.45, 2.75) is 37.6 Å². The van der Waals surface area contributed by atoms with E-state index in [0.717, 1.165) is 18.5 Å². The van der Waals surface area contributed by atoms with E-state index in [2.05, 4.69) is 5.32 Å². The van der Waals surface area contributed by atoms with Gasteiger partial charge in [-0.05, 0) is 25.0 Å². The number of urea groups is 1. The largest absolute Gasteiger partial charge is 0.325 e. The Hall–Kier alpha value is -2.37. The van der Waals surface area contributed by atoms with Crippen molar-refractivity contribution in [2.75, 3.05) is 18.5 Å². The van der Waals surface area contributed by atoms with Crippen molar-refractivity contribution in [1.82, 2.24) is 10.2 Å². The van der Waals surface area contributed by atoms with Gasteiger partial charge >= 0.3 is 6.03 Å². The molecule has 2 fully saturated rings. The van der Waals surface area contributed by atoms with Crippen LogP contribution in [0.4, 0.5) is 10.5 Å². The van der Waals surface area contributed by atoms with E-state index in [1.807, 2.05) is 30.3 Å². The average Bonchev–Trinajstić information content (AvgIpc) is 3.12. The van der Waals surface area contributed by atoms with Gasteiger partial charge in [-0.1, -0.05) is 31.0 Å². The summed E-state index contributed by atoms with van der Waals surface area (Å²) in [6.07, 6.45) is 3.43. The Bertz CT molecular complexity index is 623. The lowest BCUT2D eigenvalue weighted by Gasteiger charge is -2.21. The van der Waals surface area contributed by atoms with E-state index in [1.54, 1.807) is 11.9 Å². The molecule has 1 aliphatic heterocycles. The number of benzene rings is 1. The highest BCUT2D eigenvalue weighted by atomic mass is 16.2. The average molecular weight is 315 g/mol. The summed E-state index contributed by atoms with van der Waals surface area (Å²) in [6, 6.07) is 8.93. The van der Waals surface area contributed by atoms with Gasteiger partial charge in [0.05, 0.1) is 0 Å². The van der Waals surface area contributed by atoms with Crippen molar-refractivity contribution >= 4 is 23.5 Å².